The maximum atomic E-state index is 9.22. The summed E-state index contributed by atoms with van der Waals surface area (Å²) in [6.45, 7) is 7.03. The van der Waals surface area contributed by atoms with Crippen molar-refractivity contribution in [1.29, 1.82) is 0 Å². The van der Waals surface area contributed by atoms with Gasteiger partial charge in [-0.15, -0.1) is 0 Å². The number of pyridine rings is 1. The molecule has 0 spiro atoms. The van der Waals surface area contributed by atoms with Crippen LogP contribution in [-0.2, 0) is 21.6 Å². The van der Waals surface area contributed by atoms with Crippen LogP contribution in [0.2, 0.25) is 0 Å². The van der Waals surface area contributed by atoms with Crippen LogP contribution in [0, 0.1) is 0 Å². The standard InChI is InChI=1S/C44H77N2.CH4O4S/c1-4-6-8-10-12-14-16-18-20-22-24-26-28-30-38-46(44-34-32-42(33-35-44)43-36-40-45(3)41-37-43)39-31-29-27-25-23-21-19-17-15-13-11-9-7-5-2;1-5-6(2,3)4/h32-37,40-41H,4-31,38-39H2,1-3H3;1H3,(H,2,3,4)/q+1;/p-1. The molecule has 6 nitrogen and oxygen atoms in total. The van der Waals surface area contributed by atoms with Gasteiger partial charge >= 0.3 is 0 Å². The van der Waals surface area contributed by atoms with Crippen LogP contribution in [0.25, 0.3) is 11.1 Å². The molecule has 2 rings (SSSR count). The lowest BCUT2D eigenvalue weighted by Gasteiger charge is -2.25. The van der Waals surface area contributed by atoms with Crippen molar-refractivity contribution < 1.29 is 21.7 Å². The Bertz CT molecular complexity index is 1120. The molecular formula is C45H80N2O4S. The van der Waals surface area contributed by atoms with E-state index in [1.807, 2.05) is 0 Å². The fraction of sp³-hybridized carbons (Fsp3) is 0.756. The third-order valence-corrected chi connectivity index (χ3v) is 10.7. The van der Waals surface area contributed by atoms with E-state index in [-0.39, 0.29) is 0 Å². The Morgan fingerprint density at radius 1 is 0.500 bits per heavy atom. The first kappa shape index (κ1) is 48.1. The van der Waals surface area contributed by atoms with Gasteiger partial charge in [0.25, 0.3) is 0 Å². The van der Waals surface area contributed by atoms with Crippen LogP contribution in [0.3, 0.4) is 0 Å². The molecule has 0 aliphatic carbocycles. The number of aromatic nitrogens is 1. The molecule has 300 valence electrons. The topological polar surface area (TPSA) is 73.5 Å². The minimum Gasteiger partial charge on any atom is -0.726 e. The second-order valence-corrected chi connectivity index (χ2v) is 16.2. The van der Waals surface area contributed by atoms with E-state index in [1.54, 1.807) is 0 Å². The SMILES string of the molecule is CCCCCCCCCCCCCCCCN(CCCCCCCCCCCCCCCC)c1ccc(-c2cc[n+](C)cc2)cc1.COS(=O)(=O)[O-]. The number of hydrogen-bond acceptors (Lipinski definition) is 5. The van der Waals surface area contributed by atoms with Crippen molar-refractivity contribution in [1.82, 2.24) is 0 Å². The van der Waals surface area contributed by atoms with E-state index in [1.165, 1.54) is 210 Å². The van der Waals surface area contributed by atoms with Crippen LogP contribution in [-0.4, -0.2) is 33.2 Å². The summed E-state index contributed by atoms with van der Waals surface area (Å²) in [6, 6.07) is 13.8. The highest BCUT2D eigenvalue weighted by Gasteiger charge is 2.08. The summed E-state index contributed by atoms with van der Waals surface area (Å²) in [5.74, 6) is 0. The quantitative estimate of drug-likeness (QED) is 0.0315. The van der Waals surface area contributed by atoms with E-state index in [4.69, 9.17) is 0 Å². The molecule has 0 unspecified atom stereocenters. The molecule has 0 aliphatic heterocycles. The minimum absolute atomic E-state index is 0.808. The number of anilines is 1. The molecule has 0 bridgehead atoms. The van der Waals surface area contributed by atoms with Crippen LogP contribution in [0.1, 0.15) is 194 Å². The van der Waals surface area contributed by atoms with Crippen molar-refractivity contribution in [2.75, 3.05) is 25.1 Å². The summed E-state index contributed by atoms with van der Waals surface area (Å²) >= 11 is 0. The van der Waals surface area contributed by atoms with Crippen LogP contribution < -0.4 is 9.47 Å². The maximum absolute atomic E-state index is 9.22. The van der Waals surface area contributed by atoms with E-state index in [0.29, 0.717) is 0 Å². The van der Waals surface area contributed by atoms with Gasteiger partial charge in [0.1, 0.15) is 7.05 Å². The largest absolute Gasteiger partial charge is 0.726 e. The highest BCUT2D eigenvalue weighted by Crippen LogP contribution is 2.24. The second kappa shape index (κ2) is 33.6. The number of rotatable bonds is 33. The molecule has 0 saturated heterocycles. The number of benzene rings is 1. The first-order valence-electron chi connectivity index (χ1n) is 21.6. The Morgan fingerprint density at radius 2 is 0.769 bits per heavy atom. The Morgan fingerprint density at radius 3 is 1.06 bits per heavy atom. The van der Waals surface area contributed by atoms with Crippen molar-refractivity contribution >= 4 is 16.1 Å². The van der Waals surface area contributed by atoms with Crippen LogP contribution in [0.15, 0.2) is 48.8 Å². The molecule has 0 amide bonds. The van der Waals surface area contributed by atoms with Gasteiger partial charge in [0.15, 0.2) is 12.4 Å². The lowest BCUT2D eigenvalue weighted by atomic mass is 10.0. The summed E-state index contributed by atoms with van der Waals surface area (Å²) in [4.78, 5) is 2.69. The van der Waals surface area contributed by atoms with E-state index in [0.717, 1.165) is 7.11 Å². The van der Waals surface area contributed by atoms with Gasteiger partial charge in [-0.05, 0) is 36.1 Å². The smallest absolute Gasteiger partial charge is 0.217 e. The minimum atomic E-state index is -4.41. The highest BCUT2D eigenvalue weighted by molar-refractivity contribution is 7.80. The maximum Gasteiger partial charge on any atom is 0.217 e. The lowest BCUT2D eigenvalue weighted by molar-refractivity contribution is -0.671. The molecular weight excluding hydrogens is 665 g/mol. The van der Waals surface area contributed by atoms with E-state index in [9.17, 15) is 13.0 Å². The zero-order chi connectivity index (χ0) is 38.0. The molecule has 0 saturated carbocycles. The van der Waals surface area contributed by atoms with Gasteiger partial charge < -0.3 is 9.45 Å². The van der Waals surface area contributed by atoms with Gasteiger partial charge in [-0.2, -0.15) is 0 Å². The van der Waals surface area contributed by atoms with Gasteiger partial charge in [0.2, 0.25) is 10.4 Å². The molecule has 52 heavy (non-hydrogen) atoms. The van der Waals surface area contributed by atoms with E-state index < -0.39 is 10.4 Å². The van der Waals surface area contributed by atoms with E-state index in [2.05, 4.69) is 83.3 Å². The summed E-state index contributed by atoms with van der Waals surface area (Å²) in [6.07, 6.45) is 44.2. The Labute approximate surface area is 322 Å². The first-order chi connectivity index (χ1) is 25.3. The van der Waals surface area contributed by atoms with Crippen LogP contribution >= 0.6 is 0 Å². The van der Waals surface area contributed by atoms with Gasteiger partial charge in [0, 0.05) is 30.9 Å². The fourth-order valence-electron chi connectivity index (χ4n) is 6.92. The van der Waals surface area contributed by atoms with Crippen molar-refractivity contribution in [3.05, 3.63) is 48.8 Å². The summed E-state index contributed by atoms with van der Waals surface area (Å²) in [5, 5.41) is 0. The van der Waals surface area contributed by atoms with Gasteiger partial charge in [0.05, 0.1) is 7.11 Å². The first-order valence-corrected chi connectivity index (χ1v) is 23.0. The van der Waals surface area contributed by atoms with Gasteiger partial charge in [-0.3, -0.25) is 4.18 Å². The fourth-order valence-corrected chi connectivity index (χ4v) is 6.92. The van der Waals surface area contributed by atoms with Crippen molar-refractivity contribution in [3.8, 4) is 11.1 Å². The molecule has 1 aromatic carbocycles. The molecule has 1 aromatic heterocycles. The average molecular weight is 745 g/mol. The van der Waals surface area contributed by atoms with Crippen molar-refractivity contribution in [2.24, 2.45) is 7.05 Å². The molecule has 1 heterocycles. The summed E-state index contributed by atoms with van der Waals surface area (Å²) < 4.78 is 33.1. The normalized spacial score (nSPS) is 11.4. The molecule has 0 fully saturated rings. The van der Waals surface area contributed by atoms with Gasteiger partial charge in [-0.25, -0.2) is 13.0 Å². The second-order valence-electron chi connectivity index (χ2n) is 15.1. The predicted molar refractivity (Wildman–Crippen MR) is 223 cm³/mol. The molecule has 2 aromatic rings. The number of unbranched alkanes of at least 4 members (excludes halogenated alkanes) is 26. The number of nitrogens with zero attached hydrogens (tertiary/aromatic N) is 2. The molecule has 0 radical (unpaired) electrons. The number of aryl methyl sites for hydroxylation is 1. The van der Waals surface area contributed by atoms with Gasteiger partial charge in [-0.1, -0.05) is 193 Å². The Balaban J connectivity index is 0.00000206. The molecule has 0 aliphatic rings. The molecule has 0 N–H and O–H groups in total. The third-order valence-electron chi connectivity index (χ3n) is 10.3. The predicted octanol–water partition coefficient (Wildman–Crippen LogP) is 13.0. The van der Waals surface area contributed by atoms with Crippen molar-refractivity contribution in [2.45, 2.75) is 194 Å². The molecule has 0 atom stereocenters. The lowest BCUT2D eigenvalue weighted by Crippen LogP contribution is -2.26. The monoisotopic (exact) mass is 745 g/mol. The Kier molecular flexibility index (Phi) is 31.1. The van der Waals surface area contributed by atoms with Crippen LogP contribution in [0.5, 0.6) is 0 Å². The van der Waals surface area contributed by atoms with Crippen LogP contribution in [0.4, 0.5) is 5.69 Å². The molecule has 7 heteroatoms. The zero-order valence-electron chi connectivity index (χ0n) is 34.3. The van der Waals surface area contributed by atoms with Crippen molar-refractivity contribution in [3.63, 3.8) is 0 Å². The Hall–Kier alpha value is -1.96. The third kappa shape index (κ3) is 28.5. The summed E-state index contributed by atoms with van der Waals surface area (Å²) in [5.41, 5.74) is 4.03. The average Bonchev–Trinajstić information content (AvgIpc) is 3.14. The zero-order valence-corrected chi connectivity index (χ0v) is 35.1. The van der Waals surface area contributed by atoms with E-state index >= 15 is 0 Å². The summed E-state index contributed by atoms with van der Waals surface area (Å²) in [7, 11) is -1.52. The number of hydrogen-bond donors (Lipinski definition) is 0. The highest BCUT2D eigenvalue weighted by atomic mass is 32.3.